The molecule has 108 valence electrons. The quantitative estimate of drug-likeness (QED) is 0.523. The van der Waals surface area contributed by atoms with Gasteiger partial charge >= 0.3 is 0 Å². The minimum Gasteiger partial charge on any atom is -0.350 e. The number of nitro groups is 1. The standard InChI is InChI=1S/C14H12ClN3O3/c15-13-3-1-2-12(17-13)14(19)16-9-8-10-4-6-11(7-5-10)18(20)21/h1-7H,8-9H2,(H,16,19). The lowest BCUT2D eigenvalue weighted by Gasteiger charge is -2.05. The van der Waals surface area contributed by atoms with Gasteiger partial charge in [0.25, 0.3) is 11.6 Å². The van der Waals surface area contributed by atoms with Gasteiger partial charge in [-0.1, -0.05) is 29.8 Å². The lowest BCUT2D eigenvalue weighted by Crippen LogP contribution is -2.26. The summed E-state index contributed by atoms with van der Waals surface area (Å²) >= 11 is 5.71. The topological polar surface area (TPSA) is 85.1 Å². The molecule has 0 saturated heterocycles. The summed E-state index contributed by atoms with van der Waals surface area (Å²) in [5.41, 5.74) is 1.21. The van der Waals surface area contributed by atoms with E-state index in [4.69, 9.17) is 11.6 Å². The fraction of sp³-hybridized carbons (Fsp3) is 0.143. The van der Waals surface area contributed by atoms with Crippen molar-refractivity contribution < 1.29 is 9.72 Å². The molecule has 1 N–H and O–H groups in total. The molecule has 2 rings (SSSR count). The molecule has 1 amide bonds. The zero-order valence-corrected chi connectivity index (χ0v) is 11.7. The maximum absolute atomic E-state index is 11.8. The number of nitrogens with zero attached hydrogens (tertiary/aromatic N) is 2. The van der Waals surface area contributed by atoms with Crippen molar-refractivity contribution in [2.24, 2.45) is 0 Å². The van der Waals surface area contributed by atoms with Crippen LogP contribution in [0.25, 0.3) is 0 Å². The number of nitrogens with one attached hydrogen (secondary N) is 1. The molecule has 0 fully saturated rings. The van der Waals surface area contributed by atoms with E-state index in [1.165, 1.54) is 12.1 Å². The number of halogens is 1. The van der Waals surface area contributed by atoms with Gasteiger partial charge in [-0.2, -0.15) is 0 Å². The maximum Gasteiger partial charge on any atom is 0.269 e. The Hall–Kier alpha value is -2.47. The average Bonchev–Trinajstić information content (AvgIpc) is 2.47. The first-order valence-electron chi connectivity index (χ1n) is 6.20. The highest BCUT2D eigenvalue weighted by Crippen LogP contribution is 2.12. The van der Waals surface area contributed by atoms with E-state index < -0.39 is 4.92 Å². The molecule has 0 saturated carbocycles. The average molecular weight is 306 g/mol. The highest BCUT2D eigenvalue weighted by molar-refractivity contribution is 6.29. The van der Waals surface area contributed by atoms with Gasteiger partial charge < -0.3 is 5.32 Å². The molecule has 21 heavy (non-hydrogen) atoms. The number of rotatable bonds is 5. The maximum atomic E-state index is 11.8. The molecule has 0 spiro atoms. The summed E-state index contributed by atoms with van der Waals surface area (Å²) in [5.74, 6) is -0.306. The summed E-state index contributed by atoms with van der Waals surface area (Å²) in [5, 5.41) is 13.5. The lowest BCUT2D eigenvalue weighted by molar-refractivity contribution is -0.384. The second-order valence-electron chi connectivity index (χ2n) is 4.28. The second kappa shape index (κ2) is 6.81. The van der Waals surface area contributed by atoms with Crippen molar-refractivity contribution in [2.45, 2.75) is 6.42 Å². The van der Waals surface area contributed by atoms with E-state index in [9.17, 15) is 14.9 Å². The van der Waals surface area contributed by atoms with Crippen LogP contribution in [-0.2, 0) is 6.42 Å². The van der Waals surface area contributed by atoms with Crippen molar-refractivity contribution in [3.63, 3.8) is 0 Å². The Bertz CT molecular complexity index is 659. The normalized spacial score (nSPS) is 10.1. The summed E-state index contributed by atoms with van der Waals surface area (Å²) in [4.78, 5) is 25.8. The Morgan fingerprint density at radius 2 is 1.95 bits per heavy atom. The van der Waals surface area contributed by atoms with Crippen LogP contribution in [0, 0.1) is 10.1 Å². The SMILES string of the molecule is O=C(NCCc1ccc([N+](=O)[O-])cc1)c1cccc(Cl)n1. The molecule has 6 nitrogen and oxygen atoms in total. The first kappa shape index (κ1) is 14.9. The van der Waals surface area contributed by atoms with Crippen molar-refractivity contribution >= 4 is 23.2 Å². The molecule has 1 aromatic carbocycles. The van der Waals surface area contributed by atoms with E-state index in [2.05, 4.69) is 10.3 Å². The molecular formula is C14H12ClN3O3. The predicted molar refractivity (Wildman–Crippen MR) is 78.4 cm³/mol. The Kier molecular flexibility index (Phi) is 4.84. The first-order chi connectivity index (χ1) is 10.1. The summed E-state index contributed by atoms with van der Waals surface area (Å²) in [7, 11) is 0. The fourth-order valence-electron chi connectivity index (χ4n) is 1.73. The molecule has 0 aliphatic rings. The fourth-order valence-corrected chi connectivity index (χ4v) is 1.89. The Labute approximate surface area is 125 Å². The number of non-ortho nitro benzene ring substituents is 1. The number of pyridine rings is 1. The van der Waals surface area contributed by atoms with Gasteiger partial charge in [-0.25, -0.2) is 4.98 Å². The molecular weight excluding hydrogens is 294 g/mol. The Morgan fingerprint density at radius 1 is 1.24 bits per heavy atom. The van der Waals surface area contributed by atoms with Crippen molar-refractivity contribution in [3.8, 4) is 0 Å². The number of amides is 1. The number of hydrogen-bond acceptors (Lipinski definition) is 4. The van der Waals surface area contributed by atoms with Crippen molar-refractivity contribution in [2.75, 3.05) is 6.54 Å². The van der Waals surface area contributed by atoms with Gasteiger partial charge in [-0.05, 0) is 24.1 Å². The molecule has 0 aliphatic carbocycles. The zero-order valence-electron chi connectivity index (χ0n) is 11.0. The van der Waals surface area contributed by atoms with Gasteiger partial charge in [-0.3, -0.25) is 14.9 Å². The molecule has 0 bridgehead atoms. The van der Waals surface area contributed by atoms with Crippen molar-refractivity contribution in [1.82, 2.24) is 10.3 Å². The number of carbonyl (C=O) groups excluding carboxylic acids is 1. The van der Waals surface area contributed by atoms with Crippen molar-refractivity contribution in [1.29, 1.82) is 0 Å². The van der Waals surface area contributed by atoms with Crippen LogP contribution < -0.4 is 5.32 Å². The van der Waals surface area contributed by atoms with Crippen molar-refractivity contribution in [3.05, 3.63) is 69.0 Å². The molecule has 0 aliphatic heterocycles. The van der Waals surface area contributed by atoms with Gasteiger partial charge in [-0.15, -0.1) is 0 Å². The summed E-state index contributed by atoms with van der Waals surface area (Å²) in [6.45, 7) is 0.408. The predicted octanol–water partition coefficient (Wildman–Crippen LogP) is 2.62. The number of nitro benzene ring substituents is 1. The monoisotopic (exact) mass is 305 g/mol. The van der Waals surface area contributed by atoms with E-state index >= 15 is 0 Å². The van der Waals surface area contributed by atoms with Crippen LogP contribution >= 0.6 is 11.6 Å². The van der Waals surface area contributed by atoms with E-state index in [0.29, 0.717) is 13.0 Å². The van der Waals surface area contributed by atoms with E-state index in [-0.39, 0.29) is 22.4 Å². The lowest BCUT2D eigenvalue weighted by atomic mass is 10.1. The first-order valence-corrected chi connectivity index (χ1v) is 6.58. The molecule has 0 atom stereocenters. The number of benzene rings is 1. The van der Waals surface area contributed by atoms with Gasteiger partial charge in [0.15, 0.2) is 0 Å². The molecule has 0 radical (unpaired) electrons. The van der Waals surface area contributed by atoms with Crippen LogP contribution in [-0.4, -0.2) is 22.4 Å². The zero-order chi connectivity index (χ0) is 15.2. The van der Waals surface area contributed by atoms with Crippen LogP contribution in [0.5, 0.6) is 0 Å². The third kappa shape index (κ3) is 4.25. The number of aromatic nitrogens is 1. The second-order valence-corrected chi connectivity index (χ2v) is 4.66. The minimum atomic E-state index is -0.448. The van der Waals surface area contributed by atoms with Crippen LogP contribution in [0.1, 0.15) is 16.1 Å². The highest BCUT2D eigenvalue weighted by Gasteiger charge is 2.07. The minimum absolute atomic E-state index is 0.0471. The van der Waals surface area contributed by atoms with Gasteiger partial charge in [0.2, 0.25) is 0 Å². The molecule has 7 heteroatoms. The molecule has 0 unspecified atom stereocenters. The highest BCUT2D eigenvalue weighted by atomic mass is 35.5. The van der Waals surface area contributed by atoms with Gasteiger partial charge in [0, 0.05) is 18.7 Å². The molecule has 1 heterocycles. The van der Waals surface area contributed by atoms with Crippen LogP contribution in [0.2, 0.25) is 5.15 Å². The number of hydrogen-bond donors (Lipinski definition) is 1. The van der Waals surface area contributed by atoms with E-state index in [0.717, 1.165) is 5.56 Å². The Balaban J connectivity index is 1.86. The third-order valence-corrected chi connectivity index (χ3v) is 3.00. The van der Waals surface area contributed by atoms with Gasteiger partial charge in [0.1, 0.15) is 10.8 Å². The van der Waals surface area contributed by atoms with Gasteiger partial charge in [0.05, 0.1) is 4.92 Å². The van der Waals surface area contributed by atoms with Crippen LogP contribution in [0.15, 0.2) is 42.5 Å². The van der Waals surface area contributed by atoms with Crippen LogP contribution in [0.3, 0.4) is 0 Å². The smallest absolute Gasteiger partial charge is 0.269 e. The summed E-state index contributed by atoms with van der Waals surface area (Å²) in [6, 6.07) is 11.0. The number of carbonyl (C=O) groups is 1. The molecule has 1 aromatic heterocycles. The Morgan fingerprint density at radius 3 is 2.57 bits per heavy atom. The molecule has 2 aromatic rings. The largest absolute Gasteiger partial charge is 0.350 e. The summed E-state index contributed by atoms with van der Waals surface area (Å²) in [6.07, 6.45) is 0.574. The van der Waals surface area contributed by atoms with E-state index in [1.807, 2.05) is 0 Å². The van der Waals surface area contributed by atoms with Crippen LogP contribution in [0.4, 0.5) is 5.69 Å². The summed E-state index contributed by atoms with van der Waals surface area (Å²) < 4.78 is 0. The third-order valence-electron chi connectivity index (χ3n) is 2.79. The van der Waals surface area contributed by atoms with E-state index in [1.54, 1.807) is 30.3 Å².